The molecule has 168 valence electrons. The third-order valence-corrected chi connectivity index (χ3v) is 6.47. The summed E-state index contributed by atoms with van der Waals surface area (Å²) in [6, 6.07) is 27.0. The van der Waals surface area contributed by atoms with E-state index in [0.717, 1.165) is 27.8 Å². The molecule has 0 aliphatic heterocycles. The van der Waals surface area contributed by atoms with E-state index in [4.69, 9.17) is 4.74 Å². The molecule has 0 fully saturated rings. The number of benzene rings is 3. The molecule has 1 amide bonds. The smallest absolute Gasteiger partial charge is 0.232 e. The van der Waals surface area contributed by atoms with Gasteiger partial charge in [0.15, 0.2) is 0 Å². The van der Waals surface area contributed by atoms with Gasteiger partial charge in [0.1, 0.15) is 5.51 Å². The van der Waals surface area contributed by atoms with Crippen LogP contribution in [0, 0.1) is 5.41 Å². The standard InChI is InChI=1S/C27H27N3O2S/c1-27(2,25(31)29-26-30-28-18-33-26)24(22-7-5-4-6-8-22)23-15-13-21(14-16-23)20-11-9-19(10-12-20)17-32-3/h4-16,18,24H,17H2,1-3H3,(H,29,30,31). The second kappa shape index (κ2) is 10.1. The summed E-state index contributed by atoms with van der Waals surface area (Å²) in [4.78, 5) is 13.3. The van der Waals surface area contributed by atoms with E-state index in [2.05, 4.69) is 76.2 Å². The van der Waals surface area contributed by atoms with Gasteiger partial charge in [0, 0.05) is 13.0 Å². The van der Waals surface area contributed by atoms with Crippen LogP contribution in [0.15, 0.2) is 84.4 Å². The molecule has 1 heterocycles. The maximum atomic E-state index is 13.3. The highest BCUT2D eigenvalue weighted by molar-refractivity contribution is 7.13. The number of rotatable bonds is 8. The molecule has 3 aromatic carbocycles. The van der Waals surface area contributed by atoms with Crippen LogP contribution < -0.4 is 5.32 Å². The normalized spacial score (nSPS) is 12.3. The maximum Gasteiger partial charge on any atom is 0.232 e. The van der Waals surface area contributed by atoms with Gasteiger partial charge in [0.2, 0.25) is 11.0 Å². The molecule has 1 unspecified atom stereocenters. The van der Waals surface area contributed by atoms with E-state index in [9.17, 15) is 4.79 Å². The molecular weight excluding hydrogens is 430 g/mol. The molecule has 33 heavy (non-hydrogen) atoms. The van der Waals surface area contributed by atoms with Crippen molar-refractivity contribution < 1.29 is 9.53 Å². The summed E-state index contributed by atoms with van der Waals surface area (Å²) in [5, 5.41) is 11.2. The first-order valence-corrected chi connectivity index (χ1v) is 11.7. The molecule has 0 bridgehead atoms. The van der Waals surface area contributed by atoms with Gasteiger partial charge in [-0.2, -0.15) is 0 Å². The highest BCUT2D eigenvalue weighted by atomic mass is 32.1. The predicted molar refractivity (Wildman–Crippen MR) is 133 cm³/mol. The molecule has 0 saturated carbocycles. The van der Waals surface area contributed by atoms with Crippen LogP contribution in [0.2, 0.25) is 0 Å². The van der Waals surface area contributed by atoms with Crippen molar-refractivity contribution in [2.24, 2.45) is 5.41 Å². The van der Waals surface area contributed by atoms with Crippen LogP contribution in [0.4, 0.5) is 5.13 Å². The molecule has 5 nitrogen and oxygen atoms in total. The largest absolute Gasteiger partial charge is 0.380 e. The zero-order valence-electron chi connectivity index (χ0n) is 19.0. The summed E-state index contributed by atoms with van der Waals surface area (Å²) < 4.78 is 5.20. The Bertz CT molecular complexity index is 1170. The molecular formula is C27H27N3O2S. The molecule has 4 aromatic rings. The van der Waals surface area contributed by atoms with Crippen LogP contribution in [-0.2, 0) is 16.1 Å². The minimum Gasteiger partial charge on any atom is -0.380 e. The number of anilines is 1. The molecule has 0 spiro atoms. The van der Waals surface area contributed by atoms with Crippen molar-refractivity contribution in [1.29, 1.82) is 0 Å². The topological polar surface area (TPSA) is 64.1 Å². The fraction of sp³-hybridized carbons (Fsp3) is 0.222. The number of nitrogens with one attached hydrogen (secondary N) is 1. The zero-order chi connectivity index (χ0) is 23.3. The first kappa shape index (κ1) is 22.8. The lowest BCUT2D eigenvalue weighted by atomic mass is 9.70. The van der Waals surface area contributed by atoms with Crippen LogP contribution >= 0.6 is 11.3 Å². The van der Waals surface area contributed by atoms with Gasteiger partial charge in [-0.3, -0.25) is 4.79 Å². The molecule has 0 saturated heterocycles. The average molecular weight is 458 g/mol. The van der Waals surface area contributed by atoms with Crippen molar-refractivity contribution in [2.45, 2.75) is 26.4 Å². The molecule has 1 aromatic heterocycles. The van der Waals surface area contributed by atoms with E-state index in [1.54, 1.807) is 12.6 Å². The Morgan fingerprint density at radius 2 is 1.55 bits per heavy atom. The maximum absolute atomic E-state index is 13.3. The van der Waals surface area contributed by atoms with Crippen LogP contribution in [0.25, 0.3) is 11.1 Å². The highest BCUT2D eigenvalue weighted by Gasteiger charge is 2.39. The SMILES string of the molecule is COCc1ccc(-c2ccc(C(c3ccccc3)C(C)(C)C(=O)Nc3nncs3)cc2)cc1. The molecule has 1 N–H and O–H groups in total. The van der Waals surface area contributed by atoms with Gasteiger partial charge in [-0.05, 0) is 27.8 Å². The van der Waals surface area contributed by atoms with E-state index in [1.165, 1.54) is 11.3 Å². The van der Waals surface area contributed by atoms with Gasteiger partial charge < -0.3 is 10.1 Å². The van der Waals surface area contributed by atoms with Crippen LogP contribution in [0.1, 0.15) is 36.5 Å². The Labute approximate surface area is 198 Å². The summed E-state index contributed by atoms with van der Waals surface area (Å²) >= 11 is 1.31. The third-order valence-electron chi connectivity index (χ3n) is 5.86. The lowest BCUT2D eigenvalue weighted by Crippen LogP contribution is -2.37. The fourth-order valence-electron chi connectivity index (χ4n) is 4.12. The average Bonchev–Trinajstić information content (AvgIpc) is 3.34. The van der Waals surface area contributed by atoms with E-state index in [-0.39, 0.29) is 11.8 Å². The molecule has 0 aliphatic rings. The minimum absolute atomic E-state index is 0.0917. The summed E-state index contributed by atoms with van der Waals surface area (Å²) in [5.41, 5.74) is 6.47. The first-order chi connectivity index (χ1) is 16.0. The van der Waals surface area contributed by atoms with Crippen LogP contribution in [0.3, 0.4) is 0 Å². The number of aromatic nitrogens is 2. The predicted octanol–water partition coefficient (Wildman–Crippen LogP) is 6.15. The molecule has 4 rings (SSSR count). The Hall–Kier alpha value is -3.35. The minimum atomic E-state index is -0.726. The van der Waals surface area contributed by atoms with Crippen molar-refractivity contribution in [3.8, 4) is 11.1 Å². The van der Waals surface area contributed by atoms with E-state index >= 15 is 0 Å². The van der Waals surface area contributed by atoms with Crippen LogP contribution in [-0.4, -0.2) is 23.2 Å². The summed E-state index contributed by atoms with van der Waals surface area (Å²) in [6.07, 6.45) is 0. The number of carbonyl (C=O) groups excluding carboxylic acids is 1. The number of amides is 1. The summed E-state index contributed by atoms with van der Waals surface area (Å²) in [5.74, 6) is -0.226. The number of ether oxygens (including phenoxy) is 1. The van der Waals surface area contributed by atoms with Gasteiger partial charge in [0.25, 0.3) is 0 Å². The van der Waals surface area contributed by atoms with Crippen molar-refractivity contribution in [1.82, 2.24) is 10.2 Å². The van der Waals surface area contributed by atoms with Gasteiger partial charge in [-0.25, -0.2) is 0 Å². The van der Waals surface area contributed by atoms with Crippen molar-refractivity contribution >= 4 is 22.4 Å². The number of carbonyl (C=O) groups is 1. The van der Waals surface area contributed by atoms with Gasteiger partial charge in [-0.1, -0.05) is 104 Å². The Kier molecular flexibility index (Phi) is 6.96. The Morgan fingerprint density at radius 1 is 0.939 bits per heavy atom. The quantitative estimate of drug-likeness (QED) is 0.345. The fourth-order valence-corrected chi connectivity index (χ4v) is 4.56. The lowest BCUT2D eigenvalue weighted by Gasteiger charge is -2.33. The highest BCUT2D eigenvalue weighted by Crippen LogP contribution is 2.42. The monoisotopic (exact) mass is 457 g/mol. The number of methoxy groups -OCH3 is 1. The Balaban J connectivity index is 1.65. The molecule has 0 aliphatic carbocycles. The van der Waals surface area contributed by atoms with Crippen molar-refractivity contribution in [2.75, 3.05) is 12.4 Å². The summed E-state index contributed by atoms with van der Waals surface area (Å²) in [7, 11) is 1.70. The number of nitrogens with zero attached hydrogens (tertiary/aromatic N) is 2. The van der Waals surface area contributed by atoms with Crippen molar-refractivity contribution in [3.63, 3.8) is 0 Å². The van der Waals surface area contributed by atoms with Crippen molar-refractivity contribution in [3.05, 3.63) is 101 Å². The second-order valence-electron chi connectivity index (χ2n) is 8.52. The number of hydrogen-bond donors (Lipinski definition) is 1. The summed E-state index contributed by atoms with van der Waals surface area (Å²) in [6.45, 7) is 4.55. The van der Waals surface area contributed by atoms with E-state index in [0.29, 0.717) is 11.7 Å². The zero-order valence-corrected chi connectivity index (χ0v) is 19.8. The van der Waals surface area contributed by atoms with E-state index < -0.39 is 5.41 Å². The first-order valence-electron chi connectivity index (χ1n) is 10.8. The van der Waals surface area contributed by atoms with Gasteiger partial charge >= 0.3 is 0 Å². The molecule has 1 atom stereocenters. The van der Waals surface area contributed by atoms with Gasteiger partial charge in [0.05, 0.1) is 12.0 Å². The number of hydrogen-bond acceptors (Lipinski definition) is 5. The molecule has 0 radical (unpaired) electrons. The Morgan fingerprint density at radius 3 is 2.12 bits per heavy atom. The lowest BCUT2D eigenvalue weighted by molar-refractivity contribution is -0.124. The van der Waals surface area contributed by atoms with Crippen LogP contribution in [0.5, 0.6) is 0 Å². The third kappa shape index (κ3) is 5.18. The van der Waals surface area contributed by atoms with Gasteiger partial charge in [-0.15, -0.1) is 10.2 Å². The molecule has 6 heteroatoms. The van der Waals surface area contributed by atoms with E-state index in [1.807, 2.05) is 32.0 Å². The second-order valence-corrected chi connectivity index (χ2v) is 9.35.